The zero-order chi connectivity index (χ0) is 30.7. The van der Waals surface area contributed by atoms with Gasteiger partial charge >= 0.3 is 5.97 Å². The van der Waals surface area contributed by atoms with Crippen molar-refractivity contribution in [1.82, 2.24) is 10.3 Å². The largest absolute Gasteiger partial charge is 0.466 e. The van der Waals surface area contributed by atoms with Crippen LogP contribution in [0.5, 0.6) is 0 Å². The van der Waals surface area contributed by atoms with Gasteiger partial charge in [0.2, 0.25) is 0 Å². The Hall–Kier alpha value is -2.80. The van der Waals surface area contributed by atoms with Crippen LogP contribution in [0.1, 0.15) is 103 Å². The topological polar surface area (TPSA) is 88.3 Å². The molecular weight excluding hydrogens is 543 g/mol. The molecular formula is C36H49FN2O4. The molecule has 0 bridgehead atoms. The number of benzene rings is 1. The maximum absolute atomic E-state index is 14.3. The lowest BCUT2D eigenvalue weighted by Crippen LogP contribution is -2.37. The number of carbonyl (C=O) groups is 3. The number of aromatic amines is 1. The van der Waals surface area contributed by atoms with Crippen molar-refractivity contribution in [2.45, 2.75) is 103 Å². The highest BCUT2D eigenvalue weighted by Gasteiger charge is 2.56. The maximum atomic E-state index is 14.3. The van der Waals surface area contributed by atoms with Gasteiger partial charge in [0.1, 0.15) is 17.4 Å². The van der Waals surface area contributed by atoms with Crippen LogP contribution in [0.4, 0.5) is 4.39 Å². The van der Waals surface area contributed by atoms with Crippen molar-refractivity contribution in [3.05, 3.63) is 47.4 Å². The molecule has 6 nitrogen and oxygen atoms in total. The van der Waals surface area contributed by atoms with Gasteiger partial charge in [-0.3, -0.25) is 14.4 Å². The fourth-order valence-electron chi connectivity index (χ4n) is 8.84. The molecule has 1 heterocycles. The average Bonchev–Trinajstić information content (AvgIpc) is 3.65. The van der Waals surface area contributed by atoms with Gasteiger partial charge in [0, 0.05) is 35.9 Å². The molecule has 0 radical (unpaired) electrons. The average molecular weight is 593 g/mol. The molecule has 43 heavy (non-hydrogen) atoms. The van der Waals surface area contributed by atoms with E-state index in [1.54, 1.807) is 7.05 Å². The zero-order valence-corrected chi connectivity index (χ0v) is 26.3. The van der Waals surface area contributed by atoms with Crippen LogP contribution in [0.3, 0.4) is 0 Å². The van der Waals surface area contributed by atoms with Gasteiger partial charge in [-0.15, -0.1) is 0 Å². The summed E-state index contributed by atoms with van der Waals surface area (Å²) in [6, 6.07) is 4.65. The predicted molar refractivity (Wildman–Crippen MR) is 167 cm³/mol. The molecule has 3 aliphatic carbocycles. The van der Waals surface area contributed by atoms with E-state index in [0.717, 1.165) is 61.4 Å². The number of nitrogens with one attached hydrogen (secondary N) is 2. The lowest BCUT2D eigenvalue weighted by molar-refractivity contribution is -0.142. The van der Waals surface area contributed by atoms with Crippen molar-refractivity contribution < 1.29 is 23.5 Å². The Bertz CT molecular complexity index is 1360. The van der Waals surface area contributed by atoms with Gasteiger partial charge in [-0.05, 0) is 106 Å². The summed E-state index contributed by atoms with van der Waals surface area (Å²) in [5.41, 5.74) is 3.07. The molecule has 3 fully saturated rings. The highest BCUT2D eigenvalue weighted by Crippen LogP contribution is 2.66. The molecule has 0 saturated heterocycles. The number of hydrogen-bond acceptors (Lipinski definition) is 5. The number of ether oxygens (including phenoxy) is 1. The predicted octanol–water partition coefficient (Wildman–Crippen LogP) is 7.43. The van der Waals surface area contributed by atoms with Crippen molar-refractivity contribution in [2.24, 2.45) is 29.1 Å². The smallest absolute Gasteiger partial charge is 0.309 e. The van der Waals surface area contributed by atoms with Crippen molar-refractivity contribution in [2.75, 3.05) is 13.7 Å². The molecule has 5 rings (SSSR count). The molecule has 0 spiro atoms. The second-order valence-corrected chi connectivity index (χ2v) is 13.6. The van der Waals surface area contributed by atoms with Crippen LogP contribution in [0, 0.1) is 34.9 Å². The first-order chi connectivity index (χ1) is 20.7. The van der Waals surface area contributed by atoms with Crippen LogP contribution in [0.15, 0.2) is 36.0 Å². The van der Waals surface area contributed by atoms with Crippen molar-refractivity contribution >= 4 is 28.4 Å². The zero-order valence-electron chi connectivity index (χ0n) is 26.3. The van der Waals surface area contributed by atoms with E-state index in [9.17, 15) is 18.8 Å². The van der Waals surface area contributed by atoms with Crippen LogP contribution < -0.4 is 5.32 Å². The van der Waals surface area contributed by atoms with E-state index >= 15 is 0 Å². The van der Waals surface area contributed by atoms with E-state index in [0.29, 0.717) is 19.4 Å². The number of rotatable bonds is 12. The van der Waals surface area contributed by atoms with Crippen molar-refractivity contribution in [3.63, 3.8) is 0 Å². The van der Waals surface area contributed by atoms with Crippen LogP contribution >= 0.6 is 0 Å². The van der Waals surface area contributed by atoms with Gasteiger partial charge in [-0.25, -0.2) is 4.39 Å². The number of hydrogen-bond donors (Lipinski definition) is 2. The lowest BCUT2D eigenvalue weighted by Gasteiger charge is -2.34. The van der Waals surface area contributed by atoms with Gasteiger partial charge in [-0.2, -0.15) is 0 Å². The van der Waals surface area contributed by atoms with E-state index in [-0.39, 0.29) is 70.8 Å². The molecule has 7 heteroatoms. The number of halogens is 1. The Balaban J connectivity index is 1.45. The number of likely N-dealkylation sites (N-methyl/N-ethyl adjacent to an activating group) is 1. The van der Waals surface area contributed by atoms with E-state index in [1.807, 2.05) is 26.1 Å². The monoisotopic (exact) mass is 592 g/mol. The molecule has 1 aromatic heterocycles. The molecule has 3 saturated carbocycles. The molecule has 0 aliphatic heterocycles. The minimum atomic E-state index is -0.271. The summed E-state index contributed by atoms with van der Waals surface area (Å²) in [5, 5.41) is 4.08. The molecule has 2 aromatic rings. The number of aromatic nitrogens is 1. The first kappa shape index (κ1) is 31.6. The summed E-state index contributed by atoms with van der Waals surface area (Å²) in [4.78, 5) is 43.0. The first-order valence-electron chi connectivity index (χ1n) is 16.5. The van der Waals surface area contributed by atoms with Crippen LogP contribution in [0.2, 0.25) is 0 Å². The summed E-state index contributed by atoms with van der Waals surface area (Å²) < 4.78 is 19.3. The molecule has 6 atom stereocenters. The standard InChI is InChI=1S/C36H49FN2O4/c1-5-43-34(42)14-11-25-18-29(30-21-39-31-19-26(37)12-13-27(30)31)35-24(15-16-36(25,35)3)17-33(41)28(20-32(40)22(2)38-4)23-9-7-6-8-10-23/h11-13,19,21-24,28-29,35,38-39H,5-10,14-18,20H2,1-4H3/b25-11+/t22-,24+,28-,29+,35+,36-/m0/s1. The minimum absolute atomic E-state index is 0.122. The Labute approximate surface area is 255 Å². The van der Waals surface area contributed by atoms with Crippen LogP contribution in [-0.4, -0.2) is 42.2 Å². The number of esters is 1. The second kappa shape index (κ2) is 13.5. The fourth-order valence-corrected chi connectivity index (χ4v) is 8.84. The van der Waals surface area contributed by atoms with Gasteiger partial charge in [0.05, 0.1) is 19.1 Å². The van der Waals surface area contributed by atoms with Crippen LogP contribution in [0.25, 0.3) is 10.9 Å². The van der Waals surface area contributed by atoms with E-state index in [1.165, 1.54) is 24.1 Å². The molecule has 234 valence electrons. The quantitative estimate of drug-likeness (QED) is 0.198. The summed E-state index contributed by atoms with van der Waals surface area (Å²) in [5.74, 6) is 0.497. The third-order valence-electron chi connectivity index (χ3n) is 11.2. The first-order valence-corrected chi connectivity index (χ1v) is 16.5. The number of carbonyl (C=O) groups excluding carboxylic acids is 3. The van der Waals surface area contributed by atoms with Gasteiger partial charge in [0.25, 0.3) is 0 Å². The number of ketones is 2. The van der Waals surface area contributed by atoms with Crippen molar-refractivity contribution in [3.8, 4) is 0 Å². The highest BCUT2D eigenvalue weighted by molar-refractivity contribution is 5.91. The van der Waals surface area contributed by atoms with E-state index in [2.05, 4.69) is 23.3 Å². The number of Topliss-reactive ketones (excluding diaryl/α,β-unsaturated/α-hetero) is 2. The van der Waals surface area contributed by atoms with Crippen molar-refractivity contribution in [1.29, 1.82) is 0 Å². The second-order valence-electron chi connectivity index (χ2n) is 13.6. The van der Waals surface area contributed by atoms with Gasteiger partial charge < -0.3 is 15.0 Å². The third-order valence-corrected chi connectivity index (χ3v) is 11.2. The lowest BCUT2D eigenvalue weighted by atomic mass is 9.70. The highest BCUT2D eigenvalue weighted by atomic mass is 19.1. The summed E-state index contributed by atoms with van der Waals surface area (Å²) >= 11 is 0. The minimum Gasteiger partial charge on any atom is -0.466 e. The van der Waals surface area contributed by atoms with Crippen LogP contribution in [-0.2, 0) is 19.1 Å². The summed E-state index contributed by atoms with van der Waals surface area (Å²) in [7, 11) is 1.80. The normalized spacial score (nSPS) is 28.2. The fraction of sp³-hybridized carbons (Fsp3) is 0.639. The number of allylic oxidation sites excluding steroid dienone is 1. The molecule has 3 aliphatic rings. The van der Waals surface area contributed by atoms with E-state index < -0.39 is 0 Å². The summed E-state index contributed by atoms with van der Waals surface area (Å²) in [6.45, 7) is 6.37. The van der Waals surface area contributed by atoms with E-state index in [4.69, 9.17) is 4.74 Å². The number of H-pyrrole nitrogens is 1. The molecule has 0 amide bonds. The number of fused-ring (bicyclic) bond motifs is 2. The maximum Gasteiger partial charge on any atom is 0.309 e. The molecule has 2 N–H and O–H groups in total. The Kier molecular flexibility index (Phi) is 9.89. The Morgan fingerprint density at radius 3 is 2.65 bits per heavy atom. The Morgan fingerprint density at radius 2 is 1.93 bits per heavy atom. The van der Waals surface area contributed by atoms with Gasteiger partial charge in [0.15, 0.2) is 0 Å². The third kappa shape index (κ3) is 6.52. The summed E-state index contributed by atoms with van der Waals surface area (Å²) in [6.07, 6.45) is 13.4. The molecule has 1 aromatic carbocycles. The SMILES string of the molecule is CCOC(=O)C/C=C1\C[C@H](c2c[nH]c3cc(F)ccc23)[C@H]2[C@@H](CC(=O)[C@@H](CC(=O)[C@H](C)NC)C3CCCCC3)CC[C@@]12C. The molecule has 0 unspecified atom stereocenters. The Morgan fingerprint density at radius 1 is 1.16 bits per heavy atom. The van der Waals surface area contributed by atoms with Gasteiger partial charge in [-0.1, -0.05) is 37.8 Å².